The molecule has 0 fully saturated rings. The van der Waals surface area contributed by atoms with E-state index >= 15 is 0 Å². The predicted molar refractivity (Wildman–Crippen MR) is 42.2 cm³/mol. The van der Waals surface area contributed by atoms with Gasteiger partial charge in [-0.15, -0.1) is 0 Å². The molecule has 0 aromatic rings. The second-order valence-electron chi connectivity index (χ2n) is 2.59. The van der Waals surface area contributed by atoms with Crippen LogP contribution in [0.1, 0.15) is 5.56 Å². The van der Waals surface area contributed by atoms with Gasteiger partial charge in [0.2, 0.25) is 0 Å². The lowest BCUT2D eigenvalue weighted by Crippen LogP contribution is -1.72. The fourth-order valence-electron chi connectivity index (χ4n) is 1.24. The van der Waals surface area contributed by atoms with Crippen LogP contribution < -0.4 is 0 Å². The molecule has 0 atom stereocenters. The van der Waals surface area contributed by atoms with E-state index in [0.717, 1.165) is 0 Å². The molecular formula is C9H9N. The summed E-state index contributed by atoms with van der Waals surface area (Å²) in [5.41, 5.74) is 3.94. The molecule has 1 N–H and O–H groups in total. The van der Waals surface area contributed by atoms with Gasteiger partial charge in [-0.1, -0.05) is 6.07 Å². The highest BCUT2D eigenvalue weighted by Gasteiger charge is 2.00. The second kappa shape index (κ2) is 1.87. The smallest absolute Gasteiger partial charge is 0.00837 e. The Morgan fingerprint density at radius 2 is 2.00 bits per heavy atom. The molecule has 2 rings (SSSR count). The third kappa shape index (κ3) is 0.711. The average Bonchev–Trinajstić information content (AvgIpc) is 2.27. The first-order valence-electron chi connectivity index (χ1n) is 3.39. The maximum absolute atomic E-state index is 3.05. The van der Waals surface area contributed by atoms with Crippen LogP contribution in [0.2, 0.25) is 0 Å². The Balaban J connectivity index is 2.76. The van der Waals surface area contributed by atoms with Crippen LogP contribution in [0.3, 0.4) is 0 Å². The molecule has 0 aromatic carbocycles. The van der Waals surface area contributed by atoms with Crippen molar-refractivity contribution < 1.29 is 0 Å². The Hall–Kier alpha value is -1.24. The summed E-state index contributed by atoms with van der Waals surface area (Å²) in [7, 11) is 0. The lowest BCUT2D eigenvalue weighted by atomic mass is 10.2. The summed E-state index contributed by atoms with van der Waals surface area (Å²) in [6, 6.07) is 6.44. The number of aromatic amines is 1. The van der Waals surface area contributed by atoms with E-state index in [1.807, 2.05) is 12.4 Å². The number of nitrogens with one attached hydrogen (secondary N) is 1. The molecule has 1 heterocycles. The first kappa shape index (κ1) is 5.54. The number of fused-ring (bicyclic) bond motifs is 1. The summed E-state index contributed by atoms with van der Waals surface area (Å²) >= 11 is 0. The van der Waals surface area contributed by atoms with Crippen molar-refractivity contribution in [1.29, 1.82) is 0 Å². The van der Waals surface area contributed by atoms with Crippen molar-refractivity contribution in [2.45, 2.75) is 6.92 Å². The third-order valence-electron chi connectivity index (χ3n) is 1.70. The number of hydrogen-bond donors (Lipinski definition) is 1. The average molecular weight is 131 g/mol. The van der Waals surface area contributed by atoms with Crippen LogP contribution >= 0.6 is 0 Å². The number of hydrogen-bond acceptors (Lipinski definition) is 0. The first-order chi connectivity index (χ1) is 4.86. The zero-order valence-electron chi connectivity index (χ0n) is 5.89. The maximum Gasteiger partial charge on any atom is 0.00837 e. The summed E-state index contributed by atoms with van der Waals surface area (Å²) in [4.78, 5) is 3.05. The van der Waals surface area contributed by atoms with Crippen molar-refractivity contribution in [1.82, 2.24) is 4.98 Å². The molecule has 50 valence electrons. The third-order valence-corrected chi connectivity index (χ3v) is 1.70. The molecule has 0 saturated heterocycles. The van der Waals surface area contributed by atoms with Crippen LogP contribution in [0, 0.1) is 6.92 Å². The molecule has 0 amide bonds. The Morgan fingerprint density at radius 3 is 2.80 bits per heavy atom. The summed E-state index contributed by atoms with van der Waals surface area (Å²) in [5, 5.41) is 0. The van der Waals surface area contributed by atoms with Gasteiger partial charge in [-0.3, -0.25) is 0 Å². The molecule has 0 saturated carbocycles. The van der Waals surface area contributed by atoms with Gasteiger partial charge < -0.3 is 4.98 Å². The van der Waals surface area contributed by atoms with Crippen molar-refractivity contribution in [3.63, 3.8) is 0 Å². The van der Waals surface area contributed by atoms with Gasteiger partial charge in [-0.05, 0) is 35.7 Å². The minimum Gasteiger partial charge on any atom is -0.367 e. The minimum atomic E-state index is 1.29. The molecular weight excluding hydrogens is 122 g/mol. The number of rotatable bonds is 0. The van der Waals surface area contributed by atoms with Gasteiger partial charge in [0.15, 0.2) is 0 Å². The van der Waals surface area contributed by atoms with E-state index < -0.39 is 0 Å². The van der Waals surface area contributed by atoms with E-state index in [9.17, 15) is 0 Å². The van der Waals surface area contributed by atoms with E-state index in [4.69, 9.17) is 0 Å². The van der Waals surface area contributed by atoms with Crippen LogP contribution in [-0.4, -0.2) is 4.98 Å². The minimum absolute atomic E-state index is 1.29. The SMILES string of the molecule is Cc1cc2cc[nH]cc-2c1. The number of aryl methyl sites for hydroxylation is 1. The summed E-state index contributed by atoms with van der Waals surface area (Å²) < 4.78 is 0. The van der Waals surface area contributed by atoms with E-state index in [2.05, 4.69) is 30.1 Å². The lowest BCUT2D eigenvalue weighted by Gasteiger charge is -1.93. The van der Waals surface area contributed by atoms with Gasteiger partial charge >= 0.3 is 0 Å². The van der Waals surface area contributed by atoms with Crippen molar-refractivity contribution in [2.24, 2.45) is 0 Å². The Labute approximate surface area is 60.0 Å². The molecule has 1 aliphatic carbocycles. The van der Waals surface area contributed by atoms with Gasteiger partial charge in [0.05, 0.1) is 0 Å². The molecule has 2 aliphatic rings. The number of pyridine rings is 1. The molecule has 1 heteroatoms. The summed E-state index contributed by atoms with van der Waals surface area (Å²) in [6.07, 6.45) is 3.96. The Kier molecular flexibility index (Phi) is 1.04. The standard InChI is InChI=1S/C9H9N/c1-7-4-8-2-3-10-6-9(8)5-7/h2-6,10H,1H3. The monoisotopic (exact) mass is 131 g/mol. The number of H-pyrrole nitrogens is 1. The van der Waals surface area contributed by atoms with Gasteiger partial charge in [0, 0.05) is 12.4 Å². The van der Waals surface area contributed by atoms with Crippen LogP contribution in [0.25, 0.3) is 11.1 Å². The highest BCUT2D eigenvalue weighted by atomic mass is 14.6. The largest absolute Gasteiger partial charge is 0.367 e. The van der Waals surface area contributed by atoms with Crippen LogP contribution in [0.4, 0.5) is 0 Å². The van der Waals surface area contributed by atoms with Crippen molar-refractivity contribution >= 4 is 0 Å². The molecule has 0 bridgehead atoms. The Morgan fingerprint density at radius 1 is 1.20 bits per heavy atom. The van der Waals surface area contributed by atoms with Crippen LogP contribution in [0.15, 0.2) is 30.6 Å². The molecule has 10 heavy (non-hydrogen) atoms. The molecule has 0 spiro atoms. The van der Waals surface area contributed by atoms with E-state index in [0.29, 0.717) is 0 Å². The fourth-order valence-corrected chi connectivity index (χ4v) is 1.24. The molecule has 1 aliphatic heterocycles. The molecule has 0 unspecified atom stereocenters. The lowest BCUT2D eigenvalue weighted by molar-refractivity contribution is 1.33. The molecule has 1 nitrogen and oxygen atoms in total. The fraction of sp³-hybridized carbons (Fsp3) is 0.111. The Bertz CT molecular complexity index is 279. The van der Waals surface area contributed by atoms with E-state index in [1.54, 1.807) is 0 Å². The predicted octanol–water partition coefficient (Wildman–Crippen LogP) is 2.43. The van der Waals surface area contributed by atoms with Crippen molar-refractivity contribution in [3.8, 4) is 11.1 Å². The van der Waals surface area contributed by atoms with E-state index in [-0.39, 0.29) is 0 Å². The summed E-state index contributed by atoms with van der Waals surface area (Å²) in [6.45, 7) is 2.11. The molecule has 0 aromatic heterocycles. The number of aromatic nitrogens is 1. The maximum atomic E-state index is 3.05. The zero-order valence-corrected chi connectivity index (χ0v) is 5.89. The quantitative estimate of drug-likeness (QED) is 0.565. The topological polar surface area (TPSA) is 15.8 Å². The van der Waals surface area contributed by atoms with Gasteiger partial charge in [-0.25, -0.2) is 0 Å². The van der Waals surface area contributed by atoms with Gasteiger partial charge in [0.1, 0.15) is 0 Å². The van der Waals surface area contributed by atoms with Crippen LogP contribution in [-0.2, 0) is 0 Å². The van der Waals surface area contributed by atoms with Crippen molar-refractivity contribution in [3.05, 3.63) is 36.2 Å². The van der Waals surface area contributed by atoms with Crippen molar-refractivity contribution in [2.75, 3.05) is 0 Å². The highest BCUT2D eigenvalue weighted by molar-refractivity contribution is 5.67. The normalized spacial score (nSPS) is 10.5. The first-order valence-corrected chi connectivity index (χ1v) is 3.39. The van der Waals surface area contributed by atoms with Gasteiger partial charge in [0.25, 0.3) is 0 Å². The highest BCUT2D eigenvalue weighted by Crippen LogP contribution is 2.23. The second-order valence-corrected chi connectivity index (χ2v) is 2.59. The molecule has 0 radical (unpaired) electrons. The van der Waals surface area contributed by atoms with Crippen LogP contribution in [0.5, 0.6) is 0 Å². The summed E-state index contributed by atoms with van der Waals surface area (Å²) in [5.74, 6) is 0. The zero-order chi connectivity index (χ0) is 6.97. The van der Waals surface area contributed by atoms with E-state index in [1.165, 1.54) is 16.7 Å². The van der Waals surface area contributed by atoms with Gasteiger partial charge in [-0.2, -0.15) is 0 Å².